The van der Waals surface area contributed by atoms with Crippen molar-refractivity contribution in [3.63, 3.8) is 0 Å². The first-order chi connectivity index (χ1) is 37.0. The topological polar surface area (TPSA) is 78.9 Å². The van der Waals surface area contributed by atoms with E-state index in [1.54, 1.807) is 0 Å². The lowest BCUT2D eigenvalue weighted by Crippen LogP contribution is -2.30. The number of hydrogen-bond donors (Lipinski definition) is 0. The van der Waals surface area contributed by atoms with Crippen LogP contribution in [0.25, 0.3) is 0 Å². The summed E-state index contributed by atoms with van der Waals surface area (Å²) in [5.41, 5.74) is 0. The van der Waals surface area contributed by atoms with E-state index in [-0.39, 0.29) is 37.5 Å². The van der Waals surface area contributed by atoms with Gasteiger partial charge in [-0.3, -0.25) is 14.4 Å². The summed E-state index contributed by atoms with van der Waals surface area (Å²) in [6.45, 7) is 6.45. The van der Waals surface area contributed by atoms with E-state index in [0.29, 0.717) is 12.8 Å². The number of unbranched alkanes of at least 4 members (excludes halogenated alkanes) is 24. The van der Waals surface area contributed by atoms with Crippen LogP contribution < -0.4 is 0 Å². The van der Waals surface area contributed by atoms with Gasteiger partial charge in [-0.2, -0.15) is 0 Å². The van der Waals surface area contributed by atoms with Gasteiger partial charge < -0.3 is 14.2 Å². The smallest absolute Gasteiger partial charge is 0.306 e. The molecule has 0 heterocycles. The van der Waals surface area contributed by atoms with Gasteiger partial charge in [0.05, 0.1) is 0 Å². The highest BCUT2D eigenvalue weighted by atomic mass is 16.6. The maximum atomic E-state index is 12.9. The molecular weight excluding hydrogens is 925 g/mol. The molecule has 0 bridgehead atoms. The first kappa shape index (κ1) is 70.8. The lowest BCUT2D eigenvalue weighted by atomic mass is 10.1. The standard InChI is InChI=1S/C69H114O6/c1-4-7-10-13-16-19-22-25-28-31-34-37-40-43-46-49-52-55-58-61-67(70)73-64-66(75-69(72)63-60-57-54-51-48-45-42-39-36-33-30-27-24-21-18-15-12-9-6-3)65-74-68(71)62-59-56-53-50-47-44-41-38-35-32-29-26-23-20-17-14-11-8-5-2/h7,10,16,18-19,21,25,27-28,30,32,34-37,39,43,45-46,48,66H,4-6,8-9,11-15,17,20,22-24,26,29,31,33,38,40-42,44,47,49-65H2,1-3H3/b10-7-,19-16-,21-18-,28-25-,30-27-,35-32-,37-34-,39-36-,46-43-,48-45-/t66-/m0/s1. The summed E-state index contributed by atoms with van der Waals surface area (Å²) in [4.78, 5) is 38.3. The van der Waals surface area contributed by atoms with Crippen LogP contribution >= 0.6 is 0 Å². The minimum Gasteiger partial charge on any atom is -0.462 e. The molecule has 0 saturated carbocycles. The zero-order chi connectivity index (χ0) is 54.3. The number of rotatable bonds is 55. The summed E-state index contributed by atoms with van der Waals surface area (Å²) in [5.74, 6) is -0.972. The molecule has 0 aromatic rings. The Balaban J connectivity index is 4.52. The molecule has 0 fully saturated rings. The van der Waals surface area contributed by atoms with Crippen molar-refractivity contribution in [2.24, 2.45) is 0 Å². The van der Waals surface area contributed by atoms with Gasteiger partial charge in [0, 0.05) is 19.3 Å². The average molecular weight is 1040 g/mol. The number of carbonyl (C=O) groups is 3. The van der Waals surface area contributed by atoms with Crippen LogP contribution in [-0.4, -0.2) is 37.2 Å². The molecule has 0 amide bonds. The van der Waals surface area contributed by atoms with Crippen LogP contribution in [0.2, 0.25) is 0 Å². The highest BCUT2D eigenvalue weighted by Crippen LogP contribution is 2.14. The van der Waals surface area contributed by atoms with Crippen molar-refractivity contribution in [1.29, 1.82) is 0 Å². The number of ether oxygens (including phenoxy) is 3. The van der Waals surface area contributed by atoms with Crippen molar-refractivity contribution >= 4 is 17.9 Å². The zero-order valence-corrected chi connectivity index (χ0v) is 48.8. The van der Waals surface area contributed by atoms with Crippen molar-refractivity contribution in [2.75, 3.05) is 13.2 Å². The SMILES string of the molecule is CC/C=C\C/C=C\C/C=C\C/C=C\C/C=C\CCCCCC(=O)OC[C@@H](COC(=O)CCCCCCCCC/C=C\CCCCCCCCCC)OC(=O)CCCCC/C=C\C/C=C\C/C=C\C/C=C\CCCCC. The Morgan fingerprint density at radius 3 is 0.867 bits per heavy atom. The van der Waals surface area contributed by atoms with E-state index < -0.39 is 6.10 Å². The molecule has 0 aliphatic rings. The van der Waals surface area contributed by atoms with E-state index in [1.807, 2.05) is 0 Å². The maximum Gasteiger partial charge on any atom is 0.306 e. The summed E-state index contributed by atoms with van der Waals surface area (Å²) in [6, 6.07) is 0. The van der Waals surface area contributed by atoms with Crippen molar-refractivity contribution in [3.05, 3.63) is 122 Å². The van der Waals surface area contributed by atoms with Crippen LogP contribution in [0.15, 0.2) is 122 Å². The second kappa shape index (κ2) is 62.4. The molecule has 0 saturated heterocycles. The Hall–Kier alpha value is -4.19. The predicted octanol–water partition coefficient (Wildman–Crippen LogP) is 21.2. The molecular formula is C69H114O6. The van der Waals surface area contributed by atoms with Gasteiger partial charge in [-0.25, -0.2) is 0 Å². The Bertz CT molecular complexity index is 1570. The molecule has 6 nitrogen and oxygen atoms in total. The first-order valence-corrected chi connectivity index (χ1v) is 31.0. The first-order valence-electron chi connectivity index (χ1n) is 31.0. The summed E-state index contributed by atoms with van der Waals surface area (Å²) < 4.78 is 16.9. The Labute approximate surface area is 462 Å². The number of hydrogen-bond acceptors (Lipinski definition) is 6. The maximum absolute atomic E-state index is 12.9. The molecule has 0 N–H and O–H groups in total. The number of allylic oxidation sites excluding steroid dienone is 20. The molecule has 0 spiro atoms. The van der Waals surface area contributed by atoms with Crippen LogP contribution in [0.5, 0.6) is 0 Å². The van der Waals surface area contributed by atoms with E-state index in [2.05, 4.69) is 142 Å². The van der Waals surface area contributed by atoms with Gasteiger partial charge >= 0.3 is 17.9 Å². The van der Waals surface area contributed by atoms with Crippen molar-refractivity contribution in [1.82, 2.24) is 0 Å². The van der Waals surface area contributed by atoms with Crippen molar-refractivity contribution < 1.29 is 28.6 Å². The minimum atomic E-state index is -0.815. The van der Waals surface area contributed by atoms with Gasteiger partial charge in [0.1, 0.15) is 13.2 Å². The molecule has 0 aliphatic carbocycles. The molecule has 0 unspecified atom stereocenters. The highest BCUT2D eigenvalue weighted by molar-refractivity contribution is 5.71. The largest absolute Gasteiger partial charge is 0.462 e. The van der Waals surface area contributed by atoms with Crippen LogP contribution in [0.4, 0.5) is 0 Å². The molecule has 426 valence electrons. The fourth-order valence-corrected chi connectivity index (χ4v) is 8.27. The predicted molar refractivity (Wildman–Crippen MR) is 325 cm³/mol. The summed E-state index contributed by atoms with van der Waals surface area (Å²) >= 11 is 0. The van der Waals surface area contributed by atoms with Gasteiger partial charge in [0.2, 0.25) is 0 Å². The molecule has 0 aromatic heterocycles. The quantitative estimate of drug-likeness (QED) is 0.0261. The van der Waals surface area contributed by atoms with Crippen molar-refractivity contribution in [3.8, 4) is 0 Å². The Morgan fingerprint density at radius 2 is 0.520 bits per heavy atom. The van der Waals surface area contributed by atoms with Crippen molar-refractivity contribution in [2.45, 2.75) is 284 Å². The van der Waals surface area contributed by atoms with E-state index >= 15 is 0 Å². The lowest BCUT2D eigenvalue weighted by Gasteiger charge is -2.18. The molecule has 6 heteroatoms. The van der Waals surface area contributed by atoms with Gasteiger partial charge in [0.15, 0.2) is 6.10 Å². The highest BCUT2D eigenvalue weighted by Gasteiger charge is 2.19. The van der Waals surface area contributed by atoms with Gasteiger partial charge in [-0.05, 0) is 135 Å². The summed E-state index contributed by atoms with van der Waals surface area (Å²) in [7, 11) is 0. The normalized spacial score (nSPS) is 12.9. The van der Waals surface area contributed by atoms with E-state index in [4.69, 9.17) is 14.2 Å². The number of carbonyl (C=O) groups excluding carboxylic acids is 3. The van der Waals surface area contributed by atoms with Crippen LogP contribution in [0, 0.1) is 0 Å². The third kappa shape index (κ3) is 60.6. The van der Waals surface area contributed by atoms with Crippen LogP contribution in [0.3, 0.4) is 0 Å². The molecule has 0 radical (unpaired) electrons. The summed E-state index contributed by atoms with van der Waals surface area (Å²) in [5, 5.41) is 0. The second-order valence-corrected chi connectivity index (χ2v) is 20.2. The number of esters is 3. The summed E-state index contributed by atoms with van der Waals surface area (Å²) in [6.07, 6.45) is 86.2. The third-order valence-corrected chi connectivity index (χ3v) is 12.9. The van der Waals surface area contributed by atoms with Crippen LogP contribution in [-0.2, 0) is 28.6 Å². The van der Waals surface area contributed by atoms with E-state index in [0.717, 1.165) is 122 Å². The molecule has 0 rings (SSSR count). The molecule has 1 atom stereocenters. The Kier molecular flexibility index (Phi) is 58.9. The van der Waals surface area contributed by atoms with E-state index in [9.17, 15) is 14.4 Å². The minimum absolute atomic E-state index is 0.106. The third-order valence-electron chi connectivity index (χ3n) is 12.9. The van der Waals surface area contributed by atoms with Gasteiger partial charge in [-0.1, -0.05) is 245 Å². The molecule has 0 aliphatic heterocycles. The fraction of sp³-hybridized carbons (Fsp3) is 0.667. The average Bonchev–Trinajstić information content (AvgIpc) is 3.41. The van der Waals surface area contributed by atoms with Gasteiger partial charge in [-0.15, -0.1) is 0 Å². The van der Waals surface area contributed by atoms with E-state index in [1.165, 1.54) is 116 Å². The fourth-order valence-electron chi connectivity index (χ4n) is 8.27. The Morgan fingerprint density at radius 1 is 0.280 bits per heavy atom. The monoisotopic (exact) mass is 1040 g/mol. The molecule has 0 aromatic carbocycles. The second-order valence-electron chi connectivity index (χ2n) is 20.2. The van der Waals surface area contributed by atoms with Crippen LogP contribution in [0.1, 0.15) is 278 Å². The van der Waals surface area contributed by atoms with Gasteiger partial charge in [0.25, 0.3) is 0 Å². The zero-order valence-electron chi connectivity index (χ0n) is 48.8. The lowest BCUT2D eigenvalue weighted by molar-refractivity contribution is -0.167. The molecule has 75 heavy (non-hydrogen) atoms.